The van der Waals surface area contributed by atoms with Gasteiger partial charge in [0.1, 0.15) is 0 Å². The van der Waals surface area contributed by atoms with Crippen molar-refractivity contribution in [3.8, 4) is 0 Å². The maximum atomic E-state index is 9.11. The predicted molar refractivity (Wildman–Crippen MR) is 49.1 cm³/mol. The molecule has 0 unspecified atom stereocenters. The van der Waals surface area contributed by atoms with E-state index in [1.165, 1.54) is 11.1 Å². The number of benzene rings is 1. The van der Waals surface area contributed by atoms with Gasteiger partial charge in [-0.25, -0.2) is 0 Å². The first kappa shape index (κ1) is 7.81. The van der Waals surface area contributed by atoms with Crippen molar-refractivity contribution in [1.82, 2.24) is 0 Å². The SMILES string of the molecule is C[C@@H]1c2ccccc2C[C@@H]1CO. The summed E-state index contributed by atoms with van der Waals surface area (Å²) in [5.74, 6) is 0.980. The maximum Gasteiger partial charge on any atom is 0.0468 e. The highest BCUT2D eigenvalue weighted by molar-refractivity contribution is 5.35. The molecule has 1 nitrogen and oxygen atoms in total. The van der Waals surface area contributed by atoms with E-state index in [0.29, 0.717) is 18.4 Å². The minimum Gasteiger partial charge on any atom is -0.396 e. The van der Waals surface area contributed by atoms with Gasteiger partial charge in [-0.15, -0.1) is 0 Å². The first-order valence-electron chi connectivity index (χ1n) is 4.51. The molecule has 0 aliphatic heterocycles. The maximum absolute atomic E-state index is 9.11. The van der Waals surface area contributed by atoms with Gasteiger partial charge in [-0.1, -0.05) is 31.2 Å². The largest absolute Gasteiger partial charge is 0.396 e. The summed E-state index contributed by atoms with van der Waals surface area (Å²) in [4.78, 5) is 0. The summed E-state index contributed by atoms with van der Waals surface area (Å²) in [6.07, 6.45) is 1.05. The van der Waals surface area contributed by atoms with Crippen molar-refractivity contribution in [2.45, 2.75) is 19.3 Å². The van der Waals surface area contributed by atoms with Crippen LogP contribution in [0.2, 0.25) is 0 Å². The Labute approximate surface area is 73.0 Å². The van der Waals surface area contributed by atoms with Gasteiger partial charge in [0.2, 0.25) is 0 Å². The van der Waals surface area contributed by atoms with E-state index in [-0.39, 0.29) is 0 Å². The molecule has 0 fully saturated rings. The van der Waals surface area contributed by atoms with E-state index >= 15 is 0 Å². The van der Waals surface area contributed by atoms with Gasteiger partial charge >= 0.3 is 0 Å². The lowest BCUT2D eigenvalue weighted by atomic mass is 9.96. The average molecular weight is 162 g/mol. The molecule has 0 radical (unpaired) electrons. The average Bonchev–Trinajstić information content (AvgIpc) is 2.44. The van der Waals surface area contributed by atoms with E-state index in [4.69, 9.17) is 5.11 Å². The van der Waals surface area contributed by atoms with Crippen LogP contribution in [0.15, 0.2) is 24.3 Å². The monoisotopic (exact) mass is 162 g/mol. The lowest BCUT2D eigenvalue weighted by molar-refractivity contribution is 0.217. The molecular formula is C11H14O. The Bertz CT molecular complexity index is 280. The predicted octanol–water partition coefficient (Wildman–Crippen LogP) is 1.95. The first-order valence-corrected chi connectivity index (χ1v) is 4.51. The molecule has 0 saturated carbocycles. The molecule has 2 rings (SSSR count). The van der Waals surface area contributed by atoms with Gasteiger partial charge in [0, 0.05) is 6.61 Å². The number of rotatable bonds is 1. The van der Waals surface area contributed by atoms with E-state index in [1.807, 2.05) is 0 Å². The van der Waals surface area contributed by atoms with E-state index < -0.39 is 0 Å². The zero-order valence-corrected chi connectivity index (χ0v) is 7.33. The van der Waals surface area contributed by atoms with Crippen LogP contribution in [0.3, 0.4) is 0 Å². The number of aliphatic hydroxyl groups is 1. The molecule has 1 aliphatic carbocycles. The molecule has 2 atom stereocenters. The summed E-state index contributed by atoms with van der Waals surface area (Å²) in [6, 6.07) is 8.50. The van der Waals surface area contributed by atoms with Crippen LogP contribution in [0.5, 0.6) is 0 Å². The Hall–Kier alpha value is -0.820. The first-order chi connectivity index (χ1) is 5.83. The van der Waals surface area contributed by atoms with E-state index in [2.05, 4.69) is 31.2 Å². The Morgan fingerprint density at radius 1 is 1.42 bits per heavy atom. The second kappa shape index (κ2) is 2.91. The topological polar surface area (TPSA) is 20.2 Å². The molecule has 0 amide bonds. The third kappa shape index (κ3) is 1.05. The number of aliphatic hydroxyl groups excluding tert-OH is 1. The van der Waals surface area contributed by atoms with Crippen molar-refractivity contribution in [2.24, 2.45) is 5.92 Å². The molecule has 1 aromatic carbocycles. The smallest absolute Gasteiger partial charge is 0.0468 e. The Kier molecular flexibility index (Phi) is 1.89. The standard InChI is InChI=1S/C11H14O/c1-8-10(7-12)6-9-4-2-3-5-11(8)9/h2-5,8,10,12H,6-7H2,1H3/t8-,10+/m0/s1. The highest BCUT2D eigenvalue weighted by Gasteiger charge is 2.27. The fraction of sp³-hybridized carbons (Fsp3) is 0.455. The molecule has 0 saturated heterocycles. The van der Waals surface area contributed by atoms with E-state index in [0.717, 1.165) is 6.42 Å². The van der Waals surface area contributed by atoms with Crippen molar-refractivity contribution in [3.05, 3.63) is 35.4 Å². The van der Waals surface area contributed by atoms with Crippen LogP contribution in [-0.2, 0) is 6.42 Å². The van der Waals surface area contributed by atoms with Crippen LogP contribution < -0.4 is 0 Å². The second-order valence-corrected chi connectivity index (χ2v) is 3.63. The fourth-order valence-electron chi connectivity index (χ4n) is 2.10. The van der Waals surface area contributed by atoms with Crippen molar-refractivity contribution >= 4 is 0 Å². The van der Waals surface area contributed by atoms with Crippen LogP contribution in [0.4, 0.5) is 0 Å². The van der Waals surface area contributed by atoms with E-state index in [1.54, 1.807) is 0 Å². The summed E-state index contributed by atoms with van der Waals surface area (Å²) >= 11 is 0. The van der Waals surface area contributed by atoms with Crippen LogP contribution >= 0.6 is 0 Å². The molecule has 1 aromatic rings. The summed E-state index contributed by atoms with van der Waals surface area (Å²) in [5, 5.41) is 9.11. The molecule has 1 N–H and O–H groups in total. The summed E-state index contributed by atoms with van der Waals surface area (Å²) < 4.78 is 0. The van der Waals surface area contributed by atoms with Crippen molar-refractivity contribution in [1.29, 1.82) is 0 Å². The van der Waals surface area contributed by atoms with Gasteiger partial charge in [-0.3, -0.25) is 0 Å². The highest BCUT2D eigenvalue weighted by Crippen LogP contribution is 2.36. The third-order valence-corrected chi connectivity index (χ3v) is 2.97. The quantitative estimate of drug-likeness (QED) is 0.669. The Balaban J connectivity index is 2.35. The number of hydrogen-bond donors (Lipinski definition) is 1. The van der Waals surface area contributed by atoms with Gasteiger partial charge in [0.05, 0.1) is 0 Å². The molecule has 12 heavy (non-hydrogen) atoms. The fourth-order valence-corrected chi connectivity index (χ4v) is 2.10. The van der Waals surface area contributed by atoms with Crippen molar-refractivity contribution < 1.29 is 5.11 Å². The molecule has 0 spiro atoms. The summed E-state index contributed by atoms with van der Waals surface area (Å²) in [6.45, 7) is 2.52. The minimum absolute atomic E-state index is 0.315. The zero-order valence-electron chi connectivity index (χ0n) is 7.33. The summed E-state index contributed by atoms with van der Waals surface area (Å²) in [5.41, 5.74) is 2.85. The van der Waals surface area contributed by atoms with Crippen LogP contribution in [0.25, 0.3) is 0 Å². The van der Waals surface area contributed by atoms with Crippen molar-refractivity contribution in [3.63, 3.8) is 0 Å². The second-order valence-electron chi connectivity index (χ2n) is 3.63. The summed E-state index contributed by atoms with van der Waals surface area (Å²) in [7, 11) is 0. The molecule has 64 valence electrons. The molecule has 0 bridgehead atoms. The number of hydrogen-bond acceptors (Lipinski definition) is 1. The Morgan fingerprint density at radius 2 is 2.17 bits per heavy atom. The lowest BCUT2D eigenvalue weighted by Gasteiger charge is -2.11. The Morgan fingerprint density at radius 3 is 2.83 bits per heavy atom. The molecule has 1 heteroatoms. The minimum atomic E-state index is 0.315. The number of fused-ring (bicyclic) bond motifs is 1. The van der Waals surface area contributed by atoms with Crippen LogP contribution in [0.1, 0.15) is 24.0 Å². The van der Waals surface area contributed by atoms with Crippen molar-refractivity contribution in [2.75, 3.05) is 6.61 Å². The van der Waals surface area contributed by atoms with Gasteiger partial charge in [-0.05, 0) is 29.4 Å². The normalized spacial score (nSPS) is 27.2. The van der Waals surface area contributed by atoms with Gasteiger partial charge in [0.15, 0.2) is 0 Å². The van der Waals surface area contributed by atoms with Gasteiger partial charge in [-0.2, -0.15) is 0 Å². The van der Waals surface area contributed by atoms with Gasteiger partial charge < -0.3 is 5.11 Å². The highest BCUT2D eigenvalue weighted by atomic mass is 16.3. The van der Waals surface area contributed by atoms with Gasteiger partial charge in [0.25, 0.3) is 0 Å². The lowest BCUT2D eigenvalue weighted by Crippen LogP contribution is -2.08. The molecule has 0 aromatic heterocycles. The third-order valence-electron chi connectivity index (χ3n) is 2.97. The van der Waals surface area contributed by atoms with Crippen LogP contribution in [-0.4, -0.2) is 11.7 Å². The zero-order chi connectivity index (χ0) is 8.55. The van der Waals surface area contributed by atoms with Crippen LogP contribution in [0, 0.1) is 5.92 Å². The molecular weight excluding hydrogens is 148 g/mol. The van der Waals surface area contributed by atoms with E-state index in [9.17, 15) is 0 Å². The molecule has 0 heterocycles. The molecule has 1 aliphatic rings.